The van der Waals surface area contributed by atoms with E-state index in [0.717, 1.165) is 6.07 Å². The molecular weight excluding hydrogens is 239 g/mol. The van der Waals surface area contributed by atoms with E-state index in [-0.39, 0.29) is 40.2 Å². The maximum absolute atomic E-state index is 10.8. The van der Waals surface area contributed by atoms with Crippen LogP contribution in [0.4, 0.5) is 0 Å². The number of hydrogen-bond donors (Lipinski definition) is 1. The molecule has 0 bridgehead atoms. The van der Waals surface area contributed by atoms with Crippen molar-refractivity contribution >= 4 is 10.1 Å². The Morgan fingerprint density at radius 2 is 1.81 bits per heavy atom. The van der Waals surface area contributed by atoms with Gasteiger partial charge in [-0.05, 0) is 30.5 Å². The standard InChI is InChI=1S/C10H10O4S.Na/c11-10-6-8(15(12,13)14)5-7-3-1-2-4-9(7)10;/h1-2,5-6,11H,3-4H2,(H,12,13,14);/q;+1/p-1. The van der Waals surface area contributed by atoms with Crippen LogP contribution in [0.5, 0.6) is 5.75 Å². The van der Waals surface area contributed by atoms with Crippen molar-refractivity contribution in [2.75, 3.05) is 0 Å². The van der Waals surface area contributed by atoms with Gasteiger partial charge >= 0.3 is 29.6 Å². The normalized spacial score (nSPS) is 14.1. The SMILES string of the molecule is O=S(=O)([O-])c1cc(O)c2c(c1)CC=CC2.[Na+]. The van der Waals surface area contributed by atoms with Crippen LogP contribution in [0.3, 0.4) is 0 Å². The topological polar surface area (TPSA) is 77.4 Å². The average Bonchev–Trinajstić information content (AvgIpc) is 2.16. The van der Waals surface area contributed by atoms with Gasteiger partial charge in [-0.15, -0.1) is 0 Å². The van der Waals surface area contributed by atoms with E-state index < -0.39 is 10.1 Å². The Balaban J connectivity index is 0.00000128. The largest absolute Gasteiger partial charge is 1.00 e. The summed E-state index contributed by atoms with van der Waals surface area (Å²) in [4.78, 5) is -0.367. The Morgan fingerprint density at radius 1 is 1.19 bits per heavy atom. The Labute approximate surface area is 116 Å². The zero-order valence-electron chi connectivity index (χ0n) is 8.80. The van der Waals surface area contributed by atoms with Gasteiger partial charge in [-0.3, -0.25) is 0 Å². The van der Waals surface area contributed by atoms with Crippen molar-refractivity contribution in [1.82, 2.24) is 0 Å². The molecule has 1 aromatic carbocycles. The van der Waals surface area contributed by atoms with E-state index in [1.807, 2.05) is 12.2 Å². The van der Waals surface area contributed by atoms with Crippen molar-refractivity contribution in [3.8, 4) is 5.75 Å². The van der Waals surface area contributed by atoms with Crippen molar-refractivity contribution in [1.29, 1.82) is 0 Å². The van der Waals surface area contributed by atoms with Gasteiger partial charge in [0.2, 0.25) is 0 Å². The van der Waals surface area contributed by atoms with Crippen LogP contribution in [0.25, 0.3) is 0 Å². The molecule has 0 spiro atoms. The third-order valence-electron chi connectivity index (χ3n) is 2.41. The summed E-state index contributed by atoms with van der Waals surface area (Å²) in [5.74, 6) is -0.119. The second kappa shape index (κ2) is 4.89. The Bertz CT molecular complexity index is 534. The van der Waals surface area contributed by atoms with Crippen LogP contribution in [0.1, 0.15) is 11.1 Å². The Morgan fingerprint density at radius 3 is 2.44 bits per heavy atom. The number of phenols is 1. The minimum Gasteiger partial charge on any atom is -0.744 e. The van der Waals surface area contributed by atoms with Gasteiger partial charge in [-0.25, -0.2) is 8.42 Å². The van der Waals surface area contributed by atoms with Crippen LogP contribution in [0, 0.1) is 0 Å². The smallest absolute Gasteiger partial charge is 0.744 e. The van der Waals surface area contributed by atoms with Crippen LogP contribution in [-0.2, 0) is 23.0 Å². The second-order valence-corrected chi connectivity index (χ2v) is 4.79. The third-order valence-corrected chi connectivity index (χ3v) is 3.22. The van der Waals surface area contributed by atoms with Crippen LogP contribution in [-0.4, -0.2) is 18.1 Å². The van der Waals surface area contributed by atoms with E-state index in [1.165, 1.54) is 6.07 Å². The van der Waals surface area contributed by atoms with Crippen molar-refractivity contribution in [3.05, 3.63) is 35.4 Å². The van der Waals surface area contributed by atoms with Crippen molar-refractivity contribution in [3.63, 3.8) is 0 Å². The molecule has 0 heterocycles. The number of hydrogen-bond acceptors (Lipinski definition) is 4. The summed E-state index contributed by atoms with van der Waals surface area (Å²) in [6.07, 6.45) is 4.89. The molecule has 2 rings (SSSR count). The summed E-state index contributed by atoms with van der Waals surface area (Å²) in [7, 11) is -4.49. The predicted molar refractivity (Wildman–Crippen MR) is 52.6 cm³/mol. The summed E-state index contributed by atoms with van der Waals surface area (Å²) in [6, 6.07) is 2.35. The minimum atomic E-state index is -4.49. The minimum absolute atomic E-state index is 0. The molecule has 80 valence electrons. The van der Waals surface area contributed by atoms with Crippen LogP contribution in [0.15, 0.2) is 29.2 Å². The van der Waals surface area contributed by atoms with Gasteiger partial charge in [0.1, 0.15) is 15.9 Å². The van der Waals surface area contributed by atoms with Crippen LogP contribution >= 0.6 is 0 Å². The van der Waals surface area contributed by atoms with E-state index in [2.05, 4.69) is 0 Å². The summed E-state index contributed by atoms with van der Waals surface area (Å²) in [5, 5.41) is 9.56. The molecule has 0 saturated carbocycles. The zero-order valence-corrected chi connectivity index (χ0v) is 11.6. The summed E-state index contributed by atoms with van der Waals surface area (Å²) >= 11 is 0. The first-order chi connectivity index (χ1) is 6.98. The van der Waals surface area contributed by atoms with E-state index in [4.69, 9.17) is 0 Å². The first kappa shape index (κ1) is 13.7. The van der Waals surface area contributed by atoms with Gasteiger partial charge in [-0.1, -0.05) is 12.2 Å². The van der Waals surface area contributed by atoms with Gasteiger partial charge in [0.25, 0.3) is 0 Å². The van der Waals surface area contributed by atoms with E-state index in [0.29, 0.717) is 24.0 Å². The number of rotatable bonds is 1. The van der Waals surface area contributed by atoms with Gasteiger partial charge in [0, 0.05) is 5.56 Å². The molecule has 0 amide bonds. The van der Waals surface area contributed by atoms with Gasteiger partial charge in [0.15, 0.2) is 0 Å². The third kappa shape index (κ3) is 2.67. The molecule has 6 heteroatoms. The van der Waals surface area contributed by atoms with Crippen molar-refractivity contribution in [2.45, 2.75) is 17.7 Å². The molecule has 0 radical (unpaired) electrons. The van der Waals surface area contributed by atoms with Gasteiger partial charge < -0.3 is 9.66 Å². The number of allylic oxidation sites excluding steroid dienone is 2. The number of aromatic hydroxyl groups is 1. The predicted octanol–water partition coefficient (Wildman–Crippen LogP) is -2.04. The summed E-state index contributed by atoms with van der Waals surface area (Å²) in [5.41, 5.74) is 1.40. The molecule has 0 aromatic heterocycles. The monoisotopic (exact) mass is 248 g/mol. The molecule has 0 aliphatic heterocycles. The van der Waals surface area contributed by atoms with Crippen LogP contribution in [0.2, 0.25) is 0 Å². The molecular formula is C10H9NaO4S. The molecule has 1 aliphatic carbocycles. The quantitative estimate of drug-likeness (QED) is 0.353. The van der Waals surface area contributed by atoms with Gasteiger partial charge in [-0.2, -0.15) is 0 Å². The first-order valence-corrected chi connectivity index (χ1v) is 5.85. The van der Waals surface area contributed by atoms with Crippen LogP contribution < -0.4 is 29.6 Å². The second-order valence-electron chi connectivity index (χ2n) is 3.41. The number of benzene rings is 1. The van der Waals surface area contributed by atoms with E-state index >= 15 is 0 Å². The molecule has 16 heavy (non-hydrogen) atoms. The number of phenolic OH excluding ortho intramolecular Hbond substituents is 1. The van der Waals surface area contributed by atoms with E-state index in [9.17, 15) is 18.1 Å². The molecule has 0 saturated heterocycles. The fourth-order valence-electron chi connectivity index (χ4n) is 1.66. The first-order valence-electron chi connectivity index (χ1n) is 4.44. The average molecular weight is 248 g/mol. The molecule has 4 nitrogen and oxygen atoms in total. The van der Waals surface area contributed by atoms with Gasteiger partial charge in [0.05, 0.1) is 4.90 Å². The molecule has 0 fully saturated rings. The Hall–Kier alpha value is -0.330. The Kier molecular flexibility index (Phi) is 4.20. The zero-order chi connectivity index (χ0) is 11.1. The maximum atomic E-state index is 10.8. The maximum Gasteiger partial charge on any atom is 1.00 e. The molecule has 0 unspecified atom stereocenters. The molecule has 0 atom stereocenters. The number of fused-ring (bicyclic) bond motifs is 1. The molecule has 1 N–H and O–H groups in total. The fraction of sp³-hybridized carbons (Fsp3) is 0.200. The summed E-state index contributed by atoms with van der Waals surface area (Å²) < 4.78 is 32.4. The van der Waals surface area contributed by atoms with Crippen molar-refractivity contribution < 1.29 is 47.6 Å². The molecule has 1 aromatic rings. The van der Waals surface area contributed by atoms with Crippen molar-refractivity contribution in [2.24, 2.45) is 0 Å². The van der Waals surface area contributed by atoms with E-state index in [1.54, 1.807) is 0 Å². The fourth-order valence-corrected chi connectivity index (χ4v) is 2.20. The summed E-state index contributed by atoms with van der Waals surface area (Å²) in [6.45, 7) is 0. The molecule has 1 aliphatic rings.